The van der Waals surface area contributed by atoms with Gasteiger partial charge in [-0.15, -0.1) is 0 Å². The molecule has 0 saturated carbocycles. The summed E-state index contributed by atoms with van der Waals surface area (Å²) in [5.41, 5.74) is 5.66. The lowest BCUT2D eigenvalue weighted by atomic mass is 10.1. The predicted octanol–water partition coefficient (Wildman–Crippen LogP) is 6.90. The van der Waals surface area contributed by atoms with Crippen molar-refractivity contribution in [3.8, 4) is 40.3 Å². The van der Waals surface area contributed by atoms with Crippen molar-refractivity contribution in [3.05, 3.63) is 107 Å². The van der Waals surface area contributed by atoms with Crippen molar-refractivity contribution in [2.24, 2.45) is 0 Å². The van der Waals surface area contributed by atoms with E-state index in [0.717, 1.165) is 33.8 Å². The van der Waals surface area contributed by atoms with Gasteiger partial charge < -0.3 is 4.57 Å². The minimum Gasteiger partial charge on any atom is -0.309 e. The molecule has 0 aliphatic heterocycles. The molecule has 3 aromatic carbocycles. The van der Waals surface area contributed by atoms with Crippen LogP contribution >= 0.6 is 11.6 Å². The van der Waals surface area contributed by atoms with Crippen molar-refractivity contribution in [2.75, 3.05) is 0 Å². The molecule has 142 valence electrons. The van der Waals surface area contributed by atoms with Gasteiger partial charge in [0.1, 0.15) is 17.7 Å². The Hall–Kier alpha value is -4.05. The van der Waals surface area contributed by atoms with E-state index in [-0.39, 0.29) is 5.57 Å². The third-order valence-electron chi connectivity index (χ3n) is 4.77. The molecule has 0 unspecified atom stereocenters. The van der Waals surface area contributed by atoms with Crippen LogP contribution in [0.1, 0.15) is 5.56 Å². The molecule has 4 aromatic rings. The highest BCUT2D eigenvalue weighted by molar-refractivity contribution is 6.30. The van der Waals surface area contributed by atoms with Gasteiger partial charge in [-0.25, -0.2) is 0 Å². The summed E-state index contributed by atoms with van der Waals surface area (Å²) in [6.07, 6.45) is 1.64. The van der Waals surface area contributed by atoms with E-state index in [9.17, 15) is 10.5 Å². The molecule has 4 rings (SSSR count). The van der Waals surface area contributed by atoms with E-state index in [1.807, 2.05) is 103 Å². The quantitative estimate of drug-likeness (QED) is 0.347. The first-order valence-corrected chi connectivity index (χ1v) is 9.73. The molecule has 0 atom stereocenters. The minimum atomic E-state index is 0.0556. The maximum absolute atomic E-state index is 9.33. The van der Waals surface area contributed by atoms with Crippen LogP contribution in [0, 0.1) is 22.7 Å². The number of nitrogens with zero attached hydrogens (tertiary/aromatic N) is 3. The van der Waals surface area contributed by atoms with Crippen LogP contribution < -0.4 is 0 Å². The first kappa shape index (κ1) is 19.3. The number of halogens is 1. The van der Waals surface area contributed by atoms with E-state index < -0.39 is 0 Å². The Labute approximate surface area is 180 Å². The van der Waals surface area contributed by atoms with E-state index in [2.05, 4.69) is 4.57 Å². The molecule has 0 radical (unpaired) electrons. The first-order valence-electron chi connectivity index (χ1n) is 9.35. The average Bonchev–Trinajstić information content (AvgIpc) is 3.18. The number of aromatic nitrogens is 1. The molecule has 1 heterocycles. The predicted molar refractivity (Wildman–Crippen MR) is 121 cm³/mol. The standard InChI is InChI=1S/C26H16ClN3/c27-23-11-13-24(14-12-23)30-25(20-7-3-1-4-8-20)16-22(15-19(17-28)18-29)26(30)21-9-5-2-6-10-21/h1-16H. The molecular formula is C26H16ClN3. The fourth-order valence-corrected chi connectivity index (χ4v) is 3.58. The zero-order chi connectivity index (χ0) is 20.9. The molecule has 0 bridgehead atoms. The van der Waals surface area contributed by atoms with Gasteiger partial charge in [0.2, 0.25) is 0 Å². The maximum atomic E-state index is 9.33. The second-order valence-electron chi connectivity index (χ2n) is 6.66. The Bertz CT molecular complexity index is 1270. The third-order valence-corrected chi connectivity index (χ3v) is 5.02. The van der Waals surface area contributed by atoms with E-state index in [0.29, 0.717) is 5.02 Å². The lowest BCUT2D eigenvalue weighted by Crippen LogP contribution is -2.00. The fourth-order valence-electron chi connectivity index (χ4n) is 3.46. The van der Waals surface area contributed by atoms with Gasteiger partial charge in [0.25, 0.3) is 0 Å². The van der Waals surface area contributed by atoms with Crippen molar-refractivity contribution >= 4 is 17.7 Å². The fraction of sp³-hybridized carbons (Fsp3) is 0. The molecule has 0 aliphatic rings. The molecule has 0 aliphatic carbocycles. The molecular weight excluding hydrogens is 390 g/mol. The smallest absolute Gasteiger partial charge is 0.130 e. The molecule has 1 aromatic heterocycles. The number of benzene rings is 3. The highest BCUT2D eigenvalue weighted by Crippen LogP contribution is 2.37. The molecule has 0 N–H and O–H groups in total. The topological polar surface area (TPSA) is 52.5 Å². The Morgan fingerprint density at radius 3 is 1.90 bits per heavy atom. The Balaban J connectivity index is 2.10. The van der Waals surface area contributed by atoms with Gasteiger partial charge in [-0.2, -0.15) is 10.5 Å². The summed E-state index contributed by atoms with van der Waals surface area (Å²) in [7, 11) is 0. The first-order chi connectivity index (χ1) is 14.7. The molecule has 0 fully saturated rings. The third kappa shape index (κ3) is 3.76. The van der Waals surface area contributed by atoms with Gasteiger partial charge in [0, 0.05) is 16.3 Å². The lowest BCUT2D eigenvalue weighted by molar-refractivity contribution is 1.09. The van der Waals surface area contributed by atoms with Gasteiger partial charge >= 0.3 is 0 Å². The van der Waals surface area contributed by atoms with Crippen LogP contribution in [0.3, 0.4) is 0 Å². The average molecular weight is 406 g/mol. The van der Waals surface area contributed by atoms with Crippen LogP contribution in [0.5, 0.6) is 0 Å². The highest BCUT2D eigenvalue weighted by atomic mass is 35.5. The number of hydrogen-bond acceptors (Lipinski definition) is 2. The number of rotatable bonds is 4. The molecule has 0 spiro atoms. The summed E-state index contributed by atoms with van der Waals surface area (Å²) >= 11 is 6.13. The van der Waals surface area contributed by atoms with Gasteiger partial charge in [-0.3, -0.25) is 0 Å². The van der Waals surface area contributed by atoms with Crippen LogP contribution in [0.25, 0.3) is 34.3 Å². The summed E-state index contributed by atoms with van der Waals surface area (Å²) < 4.78 is 2.14. The van der Waals surface area contributed by atoms with Crippen molar-refractivity contribution in [1.82, 2.24) is 4.57 Å². The number of hydrogen-bond donors (Lipinski definition) is 0. The zero-order valence-electron chi connectivity index (χ0n) is 16.0. The second-order valence-corrected chi connectivity index (χ2v) is 7.10. The maximum Gasteiger partial charge on any atom is 0.130 e. The van der Waals surface area contributed by atoms with Gasteiger partial charge in [0.05, 0.1) is 11.4 Å². The van der Waals surface area contributed by atoms with Crippen molar-refractivity contribution < 1.29 is 0 Å². The summed E-state index contributed by atoms with van der Waals surface area (Å²) in [6, 6.07) is 33.6. The van der Waals surface area contributed by atoms with Crippen LogP contribution in [0.2, 0.25) is 5.02 Å². The summed E-state index contributed by atoms with van der Waals surface area (Å²) in [4.78, 5) is 0. The lowest BCUT2D eigenvalue weighted by Gasteiger charge is -2.15. The van der Waals surface area contributed by atoms with Crippen LogP contribution in [-0.4, -0.2) is 4.57 Å². The van der Waals surface area contributed by atoms with E-state index in [1.54, 1.807) is 6.08 Å². The van der Waals surface area contributed by atoms with Crippen LogP contribution in [0.4, 0.5) is 0 Å². The monoisotopic (exact) mass is 405 g/mol. The summed E-state index contributed by atoms with van der Waals surface area (Å²) in [5, 5.41) is 19.3. The second kappa shape index (κ2) is 8.53. The van der Waals surface area contributed by atoms with E-state index >= 15 is 0 Å². The molecule has 0 amide bonds. The van der Waals surface area contributed by atoms with E-state index in [4.69, 9.17) is 11.6 Å². The van der Waals surface area contributed by atoms with Gasteiger partial charge in [0.15, 0.2) is 0 Å². The minimum absolute atomic E-state index is 0.0556. The Morgan fingerprint density at radius 2 is 1.33 bits per heavy atom. The van der Waals surface area contributed by atoms with Crippen molar-refractivity contribution in [2.45, 2.75) is 0 Å². The van der Waals surface area contributed by atoms with Crippen molar-refractivity contribution in [3.63, 3.8) is 0 Å². The highest BCUT2D eigenvalue weighted by Gasteiger charge is 2.19. The van der Waals surface area contributed by atoms with Gasteiger partial charge in [-0.05, 0) is 47.5 Å². The zero-order valence-corrected chi connectivity index (χ0v) is 16.7. The molecule has 3 nitrogen and oxygen atoms in total. The number of nitriles is 2. The Kier molecular flexibility index (Phi) is 5.48. The van der Waals surface area contributed by atoms with E-state index in [1.165, 1.54) is 0 Å². The molecule has 30 heavy (non-hydrogen) atoms. The molecule has 0 saturated heterocycles. The van der Waals surface area contributed by atoms with Crippen LogP contribution in [-0.2, 0) is 0 Å². The van der Waals surface area contributed by atoms with Crippen LogP contribution in [0.15, 0.2) is 96.6 Å². The number of allylic oxidation sites excluding steroid dienone is 1. The summed E-state index contributed by atoms with van der Waals surface area (Å²) in [5.74, 6) is 0. The normalized spacial score (nSPS) is 10.1. The SMILES string of the molecule is N#CC(C#N)=Cc1cc(-c2ccccc2)n(-c2ccc(Cl)cc2)c1-c1ccccc1. The van der Waals surface area contributed by atoms with Crippen molar-refractivity contribution in [1.29, 1.82) is 10.5 Å². The van der Waals surface area contributed by atoms with Gasteiger partial charge in [-0.1, -0.05) is 72.3 Å². The Morgan fingerprint density at radius 1 is 0.767 bits per heavy atom. The summed E-state index contributed by atoms with van der Waals surface area (Å²) in [6.45, 7) is 0. The molecule has 4 heteroatoms. The largest absolute Gasteiger partial charge is 0.309 e.